The Kier molecular flexibility index (Phi) is 1.73. The topological polar surface area (TPSA) is 6.48 Å². The molecule has 0 unspecified atom stereocenters. The Hall–Kier alpha value is -0.500. The molecule has 0 amide bonds. The van der Waals surface area contributed by atoms with Gasteiger partial charge in [0, 0.05) is 13.6 Å². The van der Waals surface area contributed by atoms with Gasteiger partial charge in [-0.25, -0.2) is 0 Å². The molecule has 58 valence electrons. The molecule has 0 fully saturated rings. The van der Waals surface area contributed by atoms with E-state index in [9.17, 15) is 0 Å². The van der Waals surface area contributed by atoms with Crippen molar-refractivity contribution in [3.05, 3.63) is 12.3 Å². The Morgan fingerprint density at radius 3 is 2.30 bits per heavy atom. The first kappa shape index (κ1) is 7.61. The third-order valence-corrected chi connectivity index (χ3v) is 2.51. The summed E-state index contributed by atoms with van der Waals surface area (Å²) in [5, 5.41) is 0. The molecule has 0 atom stereocenters. The predicted octanol–water partition coefficient (Wildman–Crippen LogP) is 1.11. The summed E-state index contributed by atoms with van der Waals surface area (Å²) in [6.07, 6.45) is 4.31. The van der Waals surface area contributed by atoms with Crippen molar-refractivity contribution < 1.29 is 0 Å². The maximum Gasteiger partial charge on any atom is 0.0867 e. The number of hydrogen-bond donors (Lipinski definition) is 0. The van der Waals surface area contributed by atoms with Crippen LogP contribution in [0.2, 0.25) is 0 Å². The molecule has 0 saturated heterocycles. The van der Waals surface area contributed by atoms with Crippen LogP contribution < -0.4 is 0 Å². The van der Waals surface area contributed by atoms with Gasteiger partial charge in [0.2, 0.25) is 0 Å². The summed E-state index contributed by atoms with van der Waals surface area (Å²) < 4.78 is 0. The molecular weight excluding hydrogens is 124 g/mol. The van der Waals surface area contributed by atoms with Crippen molar-refractivity contribution in [2.45, 2.75) is 19.5 Å². The molecule has 0 aromatic rings. The second-order valence-corrected chi connectivity index (χ2v) is 3.37. The van der Waals surface area contributed by atoms with Crippen LogP contribution in [0.25, 0.3) is 0 Å². The van der Waals surface area contributed by atoms with E-state index in [1.165, 1.54) is 0 Å². The van der Waals surface area contributed by atoms with E-state index in [1.807, 2.05) is 0 Å². The Morgan fingerprint density at radius 2 is 1.90 bits per heavy atom. The van der Waals surface area contributed by atoms with Crippen LogP contribution in [0.1, 0.15) is 13.8 Å². The molecule has 1 heterocycles. The zero-order chi connectivity index (χ0) is 7.78. The quantitative estimate of drug-likeness (QED) is 0.497. The lowest BCUT2D eigenvalue weighted by molar-refractivity contribution is 0.0314. The fraction of sp³-hybridized carbons (Fsp3) is 0.750. The maximum atomic E-state index is 2.31. The third-order valence-electron chi connectivity index (χ3n) is 2.51. The van der Waals surface area contributed by atoms with Gasteiger partial charge >= 0.3 is 0 Å². The van der Waals surface area contributed by atoms with Crippen molar-refractivity contribution in [3.63, 3.8) is 0 Å². The van der Waals surface area contributed by atoms with E-state index >= 15 is 0 Å². The largest absolute Gasteiger partial charge is 0.363 e. The minimum Gasteiger partial charge on any atom is -0.363 e. The molecule has 1 rings (SSSR count). The number of nitrogens with zero attached hydrogens (tertiary/aromatic N) is 2. The number of rotatable bonds is 0. The molecule has 0 radical (unpaired) electrons. The van der Waals surface area contributed by atoms with Gasteiger partial charge in [0.05, 0.1) is 5.66 Å². The molecule has 1 aliphatic heterocycles. The van der Waals surface area contributed by atoms with Gasteiger partial charge in [-0.05, 0) is 27.1 Å². The van der Waals surface area contributed by atoms with Crippen LogP contribution in [0.3, 0.4) is 0 Å². The summed E-state index contributed by atoms with van der Waals surface area (Å²) in [5.41, 5.74) is 0.175. The van der Waals surface area contributed by atoms with Crippen LogP contribution in [0.5, 0.6) is 0 Å². The van der Waals surface area contributed by atoms with Crippen LogP contribution in [0.15, 0.2) is 12.3 Å². The Bertz CT molecular complexity index is 149. The standard InChI is InChI=1S/C8H16N2/c1-8(2)9(3)6-5-7-10(8)4/h5-6H,7H2,1-4H3. The first-order valence-corrected chi connectivity index (χ1v) is 3.66. The van der Waals surface area contributed by atoms with E-state index in [1.54, 1.807) is 0 Å². The van der Waals surface area contributed by atoms with Gasteiger partial charge in [0.25, 0.3) is 0 Å². The van der Waals surface area contributed by atoms with Crippen LogP contribution in [-0.4, -0.2) is 36.1 Å². The van der Waals surface area contributed by atoms with Crippen molar-refractivity contribution in [1.82, 2.24) is 9.80 Å². The number of hydrogen-bond acceptors (Lipinski definition) is 2. The van der Waals surface area contributed by atoms with E-state index < -0.39 is 0 Å². The van der Waals surface area contributed by atoms with Gasteiger partial charge in [-0.1, -0.05) is 6.08 Å². The molecule has 0 bridgehead atoms. The van der Waals surface area contributed by atoms with Gasteiger partial charge in [-0.2, -0.15) is 0 Å². The lowest BCUT2D eigenvalue weighted by Crippen LogP contribution is -2.53. The minimum atomic E-state index is 0.175. The summed E-state index contributed by atoms with van der Waals surface area (Å²) in [5.74, 6) is 0. The second kappa shape index (κ2) is 2.27. The summed E-state index contributed by atoms with van der Waals surface area (Å²) in [6.45, 7) is 5.49. The van der Waals surface area contributed by atoms with Gasteiger partial charge in [-0.3, -0.25) is 4.90 Å². The molecule has 2 heteroatoms. The van der Waals surface area contributed by atoms with Crippen molar-refractivity contribution >= 4 is 0 Å². The lowest BCUT2D eigenvalue weighted by atomic mass is 10.1. The van der Waals surface area contributed by atoms with E-state index in [4.69, 9.17) is 0 Å². The summed E-state index contributed by atoms with van der Waals surface area (Å²) in [7, 11) is 4.24. The van der Waals surface area contributed by atoms with Gasteiger partial charge in [0.15, 0.2) is 0 Å². The fourth-order valence-electron chi connectivity index (χ4n) is 1.04. The van der Waals surface area contributed by atoms with Crippen LogP contribution in [0.4, 0.5) is 0 Å². The average Bonchev–Trinajstić information content (AvgIpc) is 1.84. The fourth-order valence-corrected chi connectivity index (χ4v) is 1.04. The molecule has 0 saturated carbocycles. The second-order valence-electron chi connectivity index (χ2n) is 3.37. The van der Waals surface area contributed by atoms with Gasteiger partial charge in [0.1, 0.15) is 0 Å². The minimum absolute atomic E-state index is 0.175. The first-order valence-electron chi connectivity index (χ1n) is 3.66. The lowest BCUT2D eigenvalue weighted by Gasteiger charge is -2.44. The van der Waals surface area contributed by atoms with Crippen molar-refractivity contribution in [1.29, 1.82) is 0 Å². The van der Waals surface area contributed by atoms with Gasteiger partial charge < -0.3 is 4.90 Å². The Balaban J connectivity index is 2.78. The molecule has 1 aliphatic rings. The van der Waals surface area contributed by atoms with Crippen LogP contribution in [0, 0.1) is 0 Å². The molecule has 0 N–H and O–H groups in total. The molecule has 0 aliphatic carbocycles. The SMILES string of the molecule is CN1C=CCN(C)C1(C)C. The summed E-state index contributed by atoms with van der Waals surface area (Å²) in [4.78, 5) is 4.53. The number of likely N-dealkylation sites (N-methyl/N-ethyl adjacent to an activating group) is 1. The first-order chi connectivity index (χ1) is 4.55. The predicted molar refractivity (Wildman–Crippen MR) is 43.6 cm³/mol. The van der Waals surface area contributed by atoms with E-state index in [-0.39, 0.29) is 5.66 Å². The van der Waals surface area contributed by atoms with Crippen molar-refractivity contribution in [3.8, 4) is 0 Å². The van der Waals surface area contributed by atoms with Gasteiger partial charge in [-0.15, -0.1) is 0 Å². The Labute approximate surface area is 63.1 Å². The smallest absolute Gasteiger partial charge is 0.0867 e. The van der Waals surface area contributed by atoms with E-state index in [2.05, 4.69) is 50.0 Å². The van der Waals surface area contributed by atoms with Crippen molar-refractivity contribution in [2.24, 2.45) is 0 Å². The van der Waals surface area contributed by atoms with E-state index in [0.717, 1.165) is 6.54 Å². The molecule has 0 aromatic carbocycles. The molecule has 2 nitrogen and oxygen atoms in total. The van der Waals surface area contributed by atoms with Crippen molar-refractivity contribution in [2.75, 3.05) is 20.6 Å². The molecule has 10 heavy (non-hydrogen) atoms. The van der Waals surface area contributed by atoms with Crippen LogP contribution >= 0.6 is 0 Å². The molecular formula is C8H16N2. The normalized spacial score (nSPS) is 25.4. The zero-order valence-corrected chi connectivity index (χ0v) is 7.26. The maximum absolute atomic E-state index is 2.31. The highest BCUT2D eigenvalue weighted by Gasteiger charge is 2.27. The monoisotopic (exact) mass is 140 g/mol. The molecule has 0 aromatic heterocycles. The summed E-state index contributed by atoms with van der Waals surface area (Å²) in [6, 6.07) is 0. The molecule has 0 spiro atoms. The van der Waals surface area contributed by atoms with Crippen LogP contribution in [-0.2, 0) is 0 Å². The highest BCUT2D eigenvalue weighted by molar-refractivity contribution is 4.97. The highest BCUT2D eigenvalue weighted by atomic mass is 15.4. The van der Waals surface area contributed by atoms with E-state index in [0.29, 0.717) is 0 Å². The summed E-state index contributed by atoms with van der Waals surface area (Å²) >= 11 is 0. The zero-order valence-electron chi connectivity index (χ0n) is 7.26. The average molecular weight is 140 g/mol. The Morgan fingerprint density at radius 1 is 1.30 bits per heavy atom. The highest BCUT2D eigenvalue weighted by Crippen LogP contribution is 2.19. The third kappa shape index (κ3) is 1.03.